The molecular weight excluding hydrogens is 194 g/mol. The summed E-state index contributed by atoms with van der Waals surface area (Å²) in [5.74, 6) is 1.58. The van der Waals surface area contributed by atoms with Crippen molar-refractivity contribution in [2.45, 2.75) is 50.5 Å². The summed E-state index contributed by atoms with van der Waals surface area (Å²) in [6.45, 7) is 0. The molecule has 0 bridgehead atoms. The molecule has 0 aromatic heterocycles. The summed E-state index contributed by atoms with van der Waals surface area (Å²) in [4.78, 5) is 0. The monoisotopic (exact) mass is 215 g/mol. The molecule has 0 amide bonds. The van der Waals surface area contributed by atoms with Gasteiger partial charge in [-0.25, -0.2) is 0 Å². The smallest absolute Gasteiger partial charge is 0.00729 e. The molecule has 0 aliphatic heterocycles. The second kappa shape index (κ2) is 4.21. The second-order valence-electron chi connectivity index (χ2n) is 5.52. The maximum atomic E-state index is 6.27. The Hall–Kier alpha value is -0.820. The van der Waals surface area contributed by atoms with Crippen molar-refractivity contribution < 1.29 is 0 Å². The minimum atomic E-state index is 0.455. The van der Waals surface area contributed by atoms with Gasteiger partial charge in [0.25, 0.3) is 0 Å². The van der Waals surface area contributed by atoms with Gasteiger partial charge < -0.3 is 5.73 Å². The third kappa shape index (κ3) is 2.01. The van der Waals surface area contributed by atoms with E-state index < -0.39 is 0 Å². The van der Waals surface area contributed by atoms with E-state index in [9.17, 15) is 0 Å². The third-order valence-electron chi connectivity index (χ3n) is 4.28. The molecule has 1 aromatic carbocycles. The van der Waals surface area contributed by atoms with Crippen molar-refractivity contribution in [3.05, 3.63) is 35.4 Å². The van der Waals surface area contributed by atoms with Gasteiger partial charge in [0.05, 0.1) is 0 Å². The van der Waals surface area contributed by atoms with E-state index in [0.717, 1.165) is 11.8 Å². The number of fused-ring (bicyclic) bond motifs is 1. The van der Waals surface area contributed by atoms with E-state index in [-0.39, 0.29) is 0 Å². The molecule has 0 radical (unpaired) electrons. The summed E-state index contributed by atoms with van der Waals surface area (Å²) in [5.41, 5.74) is 9.43. The van der Waals surface area contributed by atoms with Gasteiger partial charge in [-0.2, -0.15) is 0 Å². The minimum Gasteiger partial charge on any atom is -0.327 e. The van der Waals surface area contributed by atoms with Crippen LogP contribution in [0.15, 0.2) is 24.3 Å². The Morgan fingerprint density at radius 3 is 2.81 bits per heavy atom. The molecule has 3 rings (SSSR count). The van der Waals surface area contributed by atoms with Gasteiger partial charge in [-0.3, -0.25) is 0 Å². The Bertz CT molecular complexity index is 367. The zero-order valence-corrected chi connectivity index (χ0v) is 9.86. The molecule has 0 spiro atoms. The van der Waals surface area contributed by atoms with Gasteiger partial charge >= 0.3 is 0 Å². The predicted molar refractivity (Wildman–Crippen MR) is 67.4 cm³/mol. The van der Waals surface area contributed by atoms with Gasteiger partial charge in [0, 0.05) is 6.04 Å². The molecule has 2 atom stereocenters. The van der Waals surface area contributed by atoms with Crippen molar-refractivity contribution in [3.63, 3.8) is 0 Å². The fraction of sp³-hybridized carbons (Fsp3) is 0.600. The standard InChI is InChI=1S/C15H21N/c16-15(12-8-9-12)10-13-6-3-5-11-4-1-2-7-14(11)13/h1-2,4,7,12-13,15H,3,5-6,8-10,16H2. The first-order valence-electron chi connectivity index (χ1n) is 6.68. The average molecular weight is 215 g/mol. The van der Waals surface area contributed by atoms with Crippen molar-refractivity contribution in [3.8, 4) is 0 Å². The number of aryl methyl sites for hydroxylation is 1. The van der Waals surface area contributed by atoms with E-state index in [1.54, 1.807) is 11.1 Å². The van der Waals surface area contributed by atoms with E-state index in [1.807, 2.05) is 0 Å². The van der Waals surface area contributed by atoms with Crippen molar-refractivity contribution in [1.29, 1.82) is 0 Å². The van der Waals surface area contributed by atoms with Crippen molar-refractivity contribution in [2.24, 2.45) is 11.7 Å². The number of nitrogens with two attached hydrogens (primary N) is 1. The SMILES string of the molecule is NC(CC1CCCc2ccccc21)C1CC1. The van der Waals surface area contributed by atoms with Crippen LogP contribution in [-0.2, 0) is 6.42 Å². The van der Waals surface area contributed by atoms with E-state index >= 15 is 0 Å². The van der Waals surface area contributed by atoms with E-state index in [0.29, 0.717) is 6.04 Å². The first-order chi connectivity index (χ1) is 7.84. The molecule has 1 fully saturated rings. The van der Waals surface area contributed by atoms with Crippen LogP contribution in [0.3, 0.4) is 0 Å². The van der Waals surface area contributed by atoms with Crippen molar-refractivity contribution in [2.75, 3.05) is 0 Å². The Labute approximate surface area is 98.0 Å². The average Bonchev–Trinajstić information content (AvgIpc) is 3.13. The van der Waals surface area contributed by atoms with Crippen LogP contribution in [0.1, 0.15) is 49.1 Å². The van der Waals surface area contributed by atoms with E-state index in [4.69, 9.17) is 5.73 Å². The normalized spacial score (nSPS) is 26.2. The molecule has 2 aliphatic rings. The molecule has 2 aliphatic carbocycles. The Morgan fingerprint density at radius 1 is 1.19 bits per heavy atom. The van der Waals surface area contributed by atoms with E-state index in [1.165, 1.54) is 38.5 Å². The first kappa shape index (κ1) is 10.3. The summed E-state index contributed by atoms with van der Waals surface area (Å²) < 4.78 is 0. The fourth-order valence-corrected chi connectivity index (χ4v) is 3.14. The van der Waals surface area contributed by atoms with Crippen LogP contribution in [0, 0.1) is 5.92 Å². The molecule has 1 nitrogen and oxygen atoms in total. The fourth-order valence-electron chi connectivity index (χ4n) is 3.14. The Balaban J connectivity index is 1.76. The first-order valence-corrected chi connectivity index (χ1v) is 6.68. The van der Waals surface area contributed by atoms with Gasteiger partial charge in [-0.05, 0) is 61.5 Å². The van der Waals surface area contributed by atoms with Crippen LogP contribution in [0.4, 0.5) is 0 Å². The maximum Gasteiger partial charge on any atom is 0.00729 e. The highest BCUT2D eigenvalue weighted by molar-refractivity contribution is 5.32. The predicted octanol–water partition coefficient (Wildman–Crippen LogP) is 3.23. The van der Waals surface area contributed by atoms with Crippen LogP contribution in [0.2, 0.25) is 0 Å². The molecule has 0 saturated heterocycles. The van der Waals surface area contributed by atoms with Crippen LogP contribution in [0.25, 0.3) is 0 Å². The Kier molecular flexibility index (Phi) is 2.72. The molecule has 0 heterocycles. The number of hydrogen-bond acceptors (Lipinski definition) is 1. The third-order valence-corrected chi connectivity index (χ3v) is 4.28. The van der Waals surface area contributed by atoms with Crippen LogP contribution in [-0.4, -0.2) is 6.04 Å². The molecule has 2 N–H and O–H groups in total. The quantitative estimate of drug-likeness (QED) is 0.823. The van der Waals surface area contributed by atoms with Crippen molar-refractivity contribution >= 4 is 0 Å². The number of benzene rings is 1. The summed E-state index contributed by atoms with van der Waals surface area (Å²) in [6, 6.07) is 9.42. The number of hydrogen-bond donors (Lipinski definition) is 1. The molecule has 1 heteroatoms. The number of rotatable bonds is 3. The lowest BCUT2D eigenvalue weighted by Crippen LogP contribution is -2.26. The summed E-state index contributed by atoms with van der Waals surface area (Å²) in [7, 11) is 0. The van der Waals surface area contributed by atoms with Crippen LogP contribution < -0.4 is 5.73 Å². The maximum absolute atomic E-state index is 6.27. The van der Waals surface area contributed by atoms with Crippen molar-refractivity contribution in [1.82, 2.24) is 0 Å². The molecule has 2 unspecified atom stereocenters. The lowest BCUT2D eigenvalue weighted by molar-refractivity contribution is 0.442. The van der Waals surface area contributed by atoms with Gasteiger partial charge in [0.2, 0.25) is 0 Å². The Morgan fingerprint density at radius 2 is 2.00 bits per heavy atom. The largest absolute Gasteiger partial charge is 0.327 e. The zero-order chi connectivity index (χ0) is 11.0. The second-order valence-corrected chi connectivity index (χ2v) is 5.52. The minimum absolute atomic E-state index is 0.455. The van der Waals surface area contributed by atoms with Crippen LogP contribution >= 0.6 is 0 Å². The molecule has 1 saturated carbocycles. The van der Waals surface area contributed by atoms with Gasteiger partial charge in [0.1, 0.15) is 0 Å². The molecule has 16 heavy (non-hydrogen) atoms. The van der Waals surface area contributed by atoms with Gasteiger partial charge in [-0.15, -0.1) is 0 Å². The lowest BCUT2D eigenvalue weighted by Gasteiger charge is -2.27. The highest BCUT2D eigenvalue weighted by Gasteiger charge is 2.31. The zero-order valence-electron chi connectivity index (χ0n) is 9.86. The summed E-state index contributed by atoms with van der Waals surface area (Å²) in [6.07, 6.45) is 7.91. The lowest BCUT2D eigenvalue weighted by atomic mass is 9.79. The molecule has 1 aromatic rings. The summed E-state index contributed by atoms with van der Waals surface area (Å²) >= 11 is 0. The van der Waals surface area contributed by atoms with Gasteiger partial charge in [-0.1, -0.05) is 24.3 Å². The topological polar surface area (TPSA) is 26.0 Å². The highest BCUT2D eigenvalue weighted by Crippen LogP contribution is 2.39. The van der Waals surface area contributed by atoms with E-state index in [2.05, 4.69) is 24.3 Å². The molecular formula is C15H21N. The highest BCUT2D eigenvalue weighted by atomic mass is 14.7. The van der Waals surface area contributed by atoms with Crippen LogP contribution in [0.5, 0.6) is 0 Å². The molecule has 86 valence electrons. The van der Waals surface area contributed by atoms with Gasteiger partial charge in [0.15, 0.2) is 0 Å². The summed E-state index contributed by atoms with van der Waals surface area (Å²) in [5, 5.41) is 0.